The van der Waals surface area contributed by atoms with Gasteiger partial charge in [0.25, 0.3) is 0 Å². The summed E-state index contributed by atoms with van der Waals surface area (Å²) in [6.07, 6.45) is 7.61. The molecule has 0 radical (unpaired) electrons. The minimum absolute atomic E-state index is 0.124. The van der Waals surface area contributed by atoms with E-state index in [-0.39, 0.29) is 6.04 Å². The maximum atomic E-state index is 12.9. The van der Waals surface area contributed by atoms with Crippen molar-refractivity contribution >= 4 is 17.2 Å². The summed E-state index contributed by atoms with van der Waals surface area (Å²) in [4.78, 5) is 21.8. The molecule has 0 N–H and O–H groups in total. The van der Waals surface area contributed by atoms with E-state index in [1.54, 1.807) is 11.3 Å². The van der Waals surface area contributed by atoms with Crippen molar-refractivity contribution in [3.8, 4) is 0 Å². The highest BCUT2D eigenvalue weighted by molar-refractivity contribution is 7.09. The summed E-state index contributed by atoms with van der Waals surface area (Å²) < 4.78 is 0. The zero-order valence-electron chi connectivity index (χ0n) is 12.8. The molecule has 5 heteroatoms. The third-order valence-electron chi connectivity index (χ3n) is 4.84. The fourth-order valence-corrected chi connectivity index (χ4v) is 4.44. The number of carbonyl (C=O) groups is 1. The average molecular weight is 307 g/mol. The Kier molecular flexibility index (Phi) is 4.91. The van der Waals surface area contributed by atoms with Crippen molar-refractivity contribution in [2.45, 2.75) is 51.0 Å². The van der Waals surface area contributed by atoms with Gasteiger partial charge in [0.15, 0.2) is 0 Å². The minimum Gasteiger partial charge on any atom is -0.341 e. The molecule has 2 saturated heterocycles. The van der Waals surface area contributed by atoms with Gasteiger partial charge in [0.1, 0.15) is 0 Å². The first-order chi connectivity index (χ1) is 10.3. The Balaban J connectivity index is 1.66. The van der Waals surface area contributed by atoms with Crippen molar-refractivity contribution in [3.05, 3.63) is 16.6 Å². The predicted molar refractivity (Wildman–Crippen MR) is 85.6 cm³/mol. The van der Waals surface area contributed by atoms with Crippen LogP contribution in [0.3, 0.4) is 0 Å². The maximum Gasteiger partial charge on any atom is 0.239 e. The Morgan fingerprint density at radius 3 is 3.00 bits per heavy atom. The molecule has 1 aromatic heterocycles. The molecule has 2 aliphatic heterocycles. The van der Waals surface area contributed by atoms with Crippen LogP contribution in [0.1, 0.15) is 50.0 Å². The van der Waals surface area contributed by atoms with Crippen molar-refractivity contribution < 1.29 is 4.79 Å². The number of likely N-dealkylation sites (N-methyl/N-ethyl adjacent to an activating group) is 1. The topological polar surface area (TPSA) is 36.4 Å². The smallest absolute Gasteiger partial charge is 0.239 e. The maximum absolute atomic E-state index is 12.9. The third kappa shape index (κ3) is 3.29. The molecule has 3 heterocycles. The van der Waals surface area contributed by atoms with Crippen LogP contribution >= 0.6 is 11.3 Å². The highest BCUT2D eigenvalue weighted by Crippen LogP contribution is 2.29. The fraction of sp³-hybridized carbons (Fsp3) is 0.750. The molecule has 1 amide bonds. The molecule has 3 rings (SSSR count). The molecule has 0 spiro atoms. The summed E-state index contributed by atoms with van der Waals surface area (Å²) in [5.74, 6) is 0.805. The van der Waals surface area contributed by atoms with Crippen molar-refractivity contribution in [2.24, 2.45) is 0 Å². The second-order valence-electron chi connectivity index (χ2n) is 6.13. The molecular formula is C16H25N3OS. The number of piperidine rings is 2. The van der Waals surface area contributed by atoms with E-state index < -0.39 is 0 Å². The second-order valence-corrected chi connectivity index (χ2v) is 7.06. The summed E-state index contributed by atoms with van der Waals surface area (Å²) in [5, 5.41) is 3.24. The first kappa shape index (κ1) is 15.0. The number of likely N-dealkylation sites (tertiary alicyclic amines) is 2. The molecule has 2 unspecified atom stereocenters. The van der Waals surface area contributed by atoms with Crippen molar-refractivity contribution in [2.75, 3.05) is 26.2 Å². The fourth-order valence-electron chi connectivity index (χ4n) is 3.67. The zero-order valence-corrected chi connectivity index (χ0v) is 13.6. The van der Waals surface area contributed by atoms with E-state index in [2.05, 4.69) is 21.7 Å². The summed E-state index contributed by atoms with van der Waals surface area (Å²) in [6, 6.07) is 0.124. The van der Waals surface area contributed by atoms with E-state index in [1.807, 2.05) is 11.6 Å². The van der Waals surface area contributed by atoms with Crippen LogP contribution in [0.4, 0.5) is 0 Å². The number of amides is 1. The van der Waals surface area contributed by atoms with E-state index in [0.717, 1.165) is 39.0 Å². The minimum atomic E-state index is 0.124. The summed E-state index contributed by atoms with van der Waals surface area (Å²) in [7, 11) is 0. The Hall–Kier alpha value is -0.940. The van der Waals surface area contributed by atoms with E-state index in [4.69, 9.17) is 0 Å². The van der Waals surface area contributed by atoms with E-state index >= 15 is 0 Å². The van der Waals surface area contributed by atoms with Crippen molar-refractivity contribution in [3.63, 3.8) is 0 Å². The van der Waals surface area contributed by atoms with Gasteiger partial charge in [0.05, 0.1) is 11.0 Å². The molecule has 0 aromatic carbocycles. The van der Waals surface area contributed by atoms with Crippen LogP contribution in [0.5, 0.6) is 0 Å². The molecular weight excluding hydrogens is 282 g/mol. The average Bonchev–Trinajstić information content (AvgIpc) is 3.09. The Morgan fingerprint density at radius 2 is 2.24 bits per heavy atom. The molecule has 0 aliphatic carbocycles. The molecule has 0 bridgehead atoms. The number of aromatic nitrogens is 1. The lowest BCUT2D eigenvalue weighted by atomic mass is 9.96. The van der Waals surface area contributed by atoms with Gasteiger partial charge in [-0.25, -0.2) is 4.98 Å². The predicted octanol–water partition coefficient (Wildman–Crippen LogP) is 2.72. The standard InChI is InChI=1S/C16H25N3OS/c1-2-18-9-4-3-7-14(18)16(20)19-10-5-6-13(12-19)15-17-8-11-21-15/h8,11,13-14H,2-7,9-10,12H2,1H3. The lowest BCUT2D eigenvalue weighted by molar-refractivity contribution is -0.139. The van der Waals surface area contributed by atoms with Crippen LogP contribution in [-0.4, -0.2) is 52.9 Å². The second kappa shape index (κ2) is 6.88. The van der Waals surface area contributed by atoms with Crippen molar-refractivity contribution in [1.82, 2.24) is 14.8 Å². The van der Waals surface area contributed by atoms with Crippen LogP contribution in [0.15, 0.2) is 11.6 Å². The van der Waals surface area contributed by atoms with Crippen molar-refractivity contribution in [1.29, 1.82) is 0 Å². The SMILES string of the molecule is CCN1CCCCC1C(=O)N1CCCC(c2nccs2)C1. The quantitative estimate of drug-likeness (QED) is 0.861. The number of carbonyl (C=O) groups excluding carboxylic acids is 1. The van der Waals surface area contributed by atoms with E-state index in [1.165, 1.54) is 24.3 Å². The van der Waals surface area contributed by atoms with Crippen LogP contribution in [0.25, 0.3) is 0 Å². The number of rotatable bonds is 3. The van der Waals surface area contributed by atoms with Crippen LogP contribution in [-0.2, 0) is 4.79 Å². The lowest BCUT2D eigenvalue weighted by Gasteiger charge is -2.39. The Bertz CT molecular complexity index is 462. The van der Waals surface area contributed by atoms with Gasteiger partial charge in [-0.05, 0) is 38.8 Å². The van der Waals surface area contributed by atoms with Crippen LogP contribution in [0, 0.1) is 0 Å². The van der Waals surface area contributed by atoms with Gasteiger partial charge in [0, 0.05) is 30.6 Å². The number of hydrogen-bond donors (Lipinski definition) is 0. The highest BCUT2D eigenvalue weighted by atomic mass is 32.1. The normalized spacial score (nSPS) is 27.8. The molecule has 116 valence electrons. The van der Waals surface area contributed by atoms with E-state index in [0.29, 0.717) is 11.8 Å². The molecule has 2 atom stereocenters. The molecule has 4 nitrogen and oxygen atoms in total. The largest absolute Gasteiger partial charge is 0.341 e. The highest BCUT2D eigenvalue weighted by Gasteiger charge is 2.34. The monoisotopic (exact) mass is 307 g/mol. The molecule has 1 aromatic rings. The van der Waals surface area contributed by atoms with Gasteiger partial charge in [-0.2, -0.15) is 0 Å². The number of hydrogen-bond acceptors (Lipinski definition) is 4. The molecule has 21 heavy (non-hydrogen) atoms. The zero-order chi connectivity index (χ0) is 14.7. The third-order valence-corrected chi connectivity index (χ3v) is 5.78. The van der Waals surface area contributed by atoms with Gasteiger partial charge >= 0.3 is 0 Å². The van der Waals surface area contributed by atoms with Crippen LogP contribution in [0.2, 0.25) is 0 Å². The van der Waals surface area contributed by atoms with Gasteiger partial charge in [0.2, 0.25) is 5.91 Å². The van der Waals surface area contributed by atoms with Gasteiger partial charge < -0.3 is 4.90 Å². The first-order valence-electron chi connectivity index (χ1n) is 8.22. The summed E-state index contributed by atoms with van der Waals surface area (Å²) in [6.45, 7) is 6.02. The first-order valence-corrected chi connectivity index (χ1v) is 9.09. The summed E-state index contributed by atoms with van der Waals surface area (Å²) in [5.41, 5.74) is 0. The number of thiazole rings is 1. The van der Waals surface area contributed by atoms with Crippen LogP contribution < -0.4 is 0 Å². The lowest BCUT2D eigenvalue weighted by Crippen LogP contribution is -2.52. The Labute approximate surface area is 131 Å². The Morgan fingerprint density at radius 1 is 1.33 bits per heavy atom. The van der Waals surface area contributed by atoms with Gasteiger partial charge in [-0.15, -0.1) is 11.3 Å². The molecule has 2 fully saturated rings. The summed E-state index contributed by atoms with van der Waals surface area (Å²) >= 11 is 1.72. The van der Waals surface area contributed by atoms with Gasteiger partial charge in [-0.3, -0.25) is 9.69 Å². The molecule has 0 saturated carbocycles. The van der Waals surface area contributed by atoms with Gasteiger partial charge in [-0.1, -0.05) is 13.3 Å². The van der Waals surface area contributed by atoms with E-state index in [9.17, 15) is 4.79 Å². The molecule has 2 aliphatic rings. The number of nitrogens with zero attached hydrogens (tertiary/aromatic N) is 3.